The molecular weight excluding hydrogens is 439 g/mol. The summed E-state index contributed by atoms with van der Waals surface area (Å²) in [6.07, 6.45) is 3.48. The summed E-state index contributed by atoms with van der Waals surface area (Å²) < 4.78 is 29.2. The van der Waals surface area contributed by atoms with Crippen LogP contribution in [0.5, 0.6) is 11.6 Å². The van der Waals surface area contributed by atoms with Crippen molar-refractivity contribution < 1.29 is 13.9 Å². The highest BCUT2D eigenvalue weighted by Gasteiger charge is 2.26. The van der Waals surface area contributed by atoms with Crippen molar-refractivity contribution in [1.82, 2.24) is 34.3 Å². The van der Waals surface area contributed by atoms with E-state index in [1.165, 1.54) is 12.1 Å². The third-order valence-electron chi connectivity index (χ3n) is 5.50. The second-order valence-corrected chi connectivity index (χ2v) is 7.77. The Kier molecular flexibility index (Phi) is 4.79. The van der Waals surface area contributed by atoms with E-state index in [0.717, 1.165) is 11.4 Å². The summed E-state index contributed by atoms with van der Waals surface area (Å²) in [6.45, 7) is 0.402. The topological polar surface area (TPSA) is 104 Å². The molecule has 1 aromatic carbocycles. The average molecular weight is 458 g/mol. The van der Waals surface area contributed by atoms with Crippen molar-refractivity contribution in [3.05, 3.63) is 72.6 Å². The van der Waals surface area contributed by atoms with Crippen LogP contribution in [0.1, 0.15) is 18.3 Å². The third-order valence-corrected chi connectivity index (χ3v) is 5.50. The fourth-order valence-electron chi connectivity index (χ4n) is 3.88. The van der Waals surface area contributed by atoms with Gasteiger partial charge in [0.1, 0.15) is 17.4 Å². The molecule has 0 unspecified atom stereocenters. The molecule has 6 rings (SSSR count). The van der Waals surface area contributed by atoms with Crippen molar-refractivity contribution in [2.45, 2.75) is 12.5 Å². The molecule has 0 saturated heterocycles. The van der Waals surface area contributed by atoms with Crippen molar-refractivity contribution in [1.29, 1.82) is 0 Å². The van der Waals surface area contributed by atoms with Gasteiger partial charge in [-0.2, -0.15) is 5.10 Å². The lowest BCUT2D eigenvalue weighted by Crippen LogP contribution is -2.12. The second-order valence-electron chi connectivity index (χ2n) is 7.77. The molecule has 0 spiro atoms. The van der Waals surface area contributed by atoms with E-state index >= 15 is 0 Å². The maximum Gasteiger partial charge on any atom is 0.228 e. The molecule has 4 aromatic heterocycles. The van der Waals surface area contributed by atoms with E-state index in [9.17, 15) is 4.39 Å². The quantitative estimate of drug-likeness (QED) is 0.425. The maximum absolute atomic E-state index is 13.6. The van der Waals surface area contributed by atoms with Crippen LogP contribution >= 0.6 is 0 Å². The molecule has 1 aliphatic heterocycles. The molecule has 1 N–H and O–H groups in total. The Morgan fingerprint density at radius 1 is 1.12 bits per heavy atom. The van der Waals surface area contributed by atoms with Gasteiger partial charge in [0.2, 0.25) is 11.8 Å². The van der Waals surface area contributed by atoms with Crippen LogP contribution in [0.25, 0.3) is 16.9 Å². The summed E-state index contributed by atoms with van der Waals surface area (Å²) in [5.74, 6) is 2.46. The monoisotopic (exact) mass is 458 g/mol. The van der Waals surface area contributed by atoms with Crippen LogP contribution in [0, 0.1) is 5.82 Å². The lowest BCUT2D eigenvalue weighted by atomic mass is 10.2. The molecule has 0 fully saturated rings. The van der Waals surface area contributed by atoms with Crippen LogP contribution < -0.4 is 14.8 Å². The molecule has 11 heteroatoms. The minimum Gasteiger partial charge on any atom is -0.482 e. The normalized spacial score (nSPS) is 15.1. The zero-order valence-corrected chi connectivity index (χ0v) is 18.1. The lowest BCUT2D eigenvalue weighted by molar-refractivity contribution is 0.165. The molecule has 0 radical (unpaired) electrons. The average Bonchev–Trinajstić information content (AvgIpc) is 3.40. The number of rotatable bonds is 5. The summed E-state index contributed by atoms with van der Waals surface area (Å²) in [5.41, 5.74) is 2.10. The Labute approximate surface area is 193 Å². The van der Waals surface area contributed by atoms with Gasteiger partial charge >= 0.3 is 0 Å². The molecule has 0 bridgehead atoms. The number of nitrogens with zero attached hydrogens (tertiary/aromatic N) is 7. The Morgan fingerprint density at radius 2 is 2.06 bits per heavy atom. The van der Waals surface area contributed by atoms with Gasteiger partial charge in [-0.3, -0.25) is 4.68 Å². The van der Waals surface area contributed by atoms with Crippen molar-refractivity contribution in [3.8, 4) is 22.9 Å². The molecule has 170 valence electrons. The molecule has 5 aromatic rings. The first-order valence-corrected chi connectivity index (χ1v) is 10.7. The molecule has 1 atom stereocenters. The van der Waals surface area contributed by atoms with Gasteiger partial charge in [0.25, 0.3) is 0 Å². The van der Waals surface area contributed by atoms with E-state index in [2.05, 4.69) is 30.6 Å². The van der Waals surface area contributed by atoms with Crippen LogP contribution in [0.3, 0.4) is 0 Å². The first-order valence-electron chi connectivity index (χ1n) is 10.7. The largest absolute Gasteiger partial charge is 0.482 e. The molecule has 10 nitrogen and oxygen atoms in total. The minimum atomic E-state index is -0.433. The number of ether oxygens (including phenoxy) is 2. The predicted octanol–water partition coefficient (Wildman–Crippen LogP) is 3.71. The molecule has 0 saturated carbocycles. The summed E-state index contributed by atoms with van der Waals surface area (Å²) in [6, 6.07) is 13.5. The van der Waals surface area contributed by atoms with E-state index in [4.69, 9.17) is 9.47 Å². The lowest BCUT2D eigenvalue weighted by Gasteiger charge is -2.15. The highest BCUT2D eigenvalue weighted by Crippen LogP contribution is 2.33. The number of aromatic nitrogens is 7. The van der Waals surface area contributed by atoms with Crippen molar-refractivity contribution in [3.63, 3.8) is 0 Å². The third kappa shape index (κ3) is 3.66. The van der Waals surface area contributed by atoms with Gasteiger partial charge in [-0.25, -0.2) is 18.8 Å². The van der Waals surface area contributed by atoms with Crippen LogP contribution in [-0.2, 0) is 7.05 Å². The first kappa shape index (κ1) is 20.1. The van der Waals surface area contributed by atoms with E-state index in [-0.39, 0.29) is 5.82 Å². The number of hydrogen-bond acceptors (Lipinski definition) is 8. The molecular formula is C23H19FN8O2. The van der Waals surface area contributed by atoms with Crippen molar-refractivity contribution in [2.75, 3.05) is 11.9 Å². The number of halogens is 1. The van der Waals surface area contributed by atoms with Gasteiger partial charge in [-0.15, -0.1) is 10.2 Å². The summed E-state index contributed by atoms with van der Waals surface area (Å²) in [4.78, 5) is 8.93. The van der Waals surface area contributed by atoms with E-state index in [1.807, 2.05) is 35.7 Å². The van der Waals surface area contributed by atoms with Crippen LogP contribution in [-0.4, -0.2) is 41.0 Å². The second kappa shape index (κ2) is 8.10. The minimum absolute atomic E-state index is 0.360. The zero-order chi connectivity index (χ0) is 23.1. The predicted molar refractivity (Wildman–Crippen MR) is 120 cm³/mol. The van der Waals surface area contributed by atoms with Gasteiger partial charge in [-0.1, -0.05) is 6.07 Å². The first-order chi connectivity index (χ1) is 16.6. The Morgan fingerprint density at radius 3 is 2.91 bits per heavy atom. The highest BCUT2D eigenvalue weighted by molar-refractivity contribution is 5.67. The number of pyridine rings is 1. The molecule has 34 heavy (non-hydrogen) atoms. The maximum atomic E-state index is 13.6. The van der Waals surface area contributed by atoms with E-state index < -0.39 is 6.10 Å². The van der Waals surface area contributed by atoms with E-state index in [0.29, 0.717) is 47.8 Å². The smallest absolute Gasteiger partial charge is 0.228 e. The van der Waals surface area contributed by atoms with Gasteiger partial charge in [0, 0.05) is 43.4 Å². The molecule has 5 heterocycles. The van der Waals surface area contributed by atoms with Gasteiger partial charge in [0.05, 0.1) is 18.5 Å². The standard InChI is InChI=1S/C23H19FN8O2/c1-31-19(6-9-26-31)28-23-25-8-5-17(27-23)14-11-20-29-30-22-18(7-10-33-21(12-14)32(20)22)34-16-4-2-3-15(24)13-16/h2-6,8-9,11-13,18H,7,10H2,1H3,(H,25,27,28)/t18-/m1/s1. The molecule has 0 aliphatic carbocycles. The number of benzene rings is 1. The Bertz CT molecular complexity index is 1500. The molecule has 0 amide bonds. The number of anilines is 2. The van der Waals surface area contributed by atoms with Crippen molar-refractivity contribution in [2.24, 2.45) is 7.05 Å². The van der Waals surface area contributed by atoms with Crippen LogP contribution in [0.2, 0.25) is 0 Å². The highest BCUT2D eigenvalue weighted by atomic mass is 19.1. The summed E-state index contributed by atoms with van der Waals surface area (Å²) >= 11 is 0. The fraction of sp³-hybridized carbons (Fsp3) is 0.174. The van der Waals surface area contributed by atoms with Crippen LogP contribution in [0.4, 0.5) is 16.2 Å². The van der Waals surface area contributed by atoms with Crippen molar-refractivity contribution >= 4 is 17.4 Å². The van der Waals surface area contributed by atoms with Gasteiger partial charge in [-0.05, 0) is 24.3 Å². The van der Waals surface area contributed by atoms with Gasteiger partial charge < -0.3 is 14.8 Å². The Balaban J connectivity index is 1.34. The fourth-order valence-corrected chi connectivity index (χ4v) is 3.88. The molecule has 1 aliphatic rings. The van der Waals surface area contributed by atoms with Crippen LogP contribution in [0.15, 0.2) is 60.9 Å². The van der Waals surface area contributed by atoms with Gasteiger partial charge in [0.15, 0.2) is 17.6 Å². The van der Waals surface area contributed by atoms with E-state index in [1.54, 1.807) is 29.2 Å². The number of nitrogens with one attached hydrogen (secondary N) is 1. The SMILES string of the molecule is Cn1nccc1Nc1nccc(-c2cc3n4c(nnc4c2)[C@H](Oc2cccc(F)c2)CCO3)n1. The zero-order valence-electron chi connectivity index (χ0n) is 18.1. The summed E-state index contributed by atoms with van der Waals surface area (Å²) in [5, 5.41) is 16.0. The number of hydrogen-bond donors (Lipinski definition) is 1. The Hall–Kier alpha value is -4.54. The number of aryl methyl sites for hydroxylation is 1. The summed E-state index contributed by atoms with van der Waals surface area (Å²) in [7, 11) is 1.83.